The Kier molecular flexibility index (Phi) is 3.60. The zero-order valence-corrected chi connectivity index (χ0v) is 12.0. The number of rotatable bonds is 4. The van der Waals surface area contributed by atoms with Crippen molar-refractivity contribution in [3.63, 3.8) is 0 Å². The number of para-hydroxylation sites is 2. The van der Waals surface area contributed by atoms with E-state index in [9.17, 15) is 4.21 Å². The van der Waals surface area contributed by atoms with Gasteiger partial charge in [-0.3, -0.25) is 9.19 Å². The molecule has 0 N–H and O–H groups in total. The van der Waals surface area contributed by atoms with Crippen LogP contribution in [-0.2, 0) is 17.3 Å². The maximum absolute atomic E-state index is 12.2. The van der Waals surface area contributed by atoms with Crippen LogP contribution in [-0.4, -0.2) is 24.5 Å². The lowest BCUT2D eigenvalue weighted by Gasteiger charge is -2.07. The van der Waals surface area contributed by atoms with Crippen molar-refractivity contribution in [2.45, 2.75) is 18.6 Å². The average Bonchev–Trinajstić information content (AvgIpc) is 2.86. The zero-order valence-electron chi connectivity index (χ0n) is 11.2. The summed E-state index contributed by atoms with van der Waals surface area (Å²) in [7, 11) is -1.08. The summed E-state index contributed by atoms with van der Waals surface area (Å²) in [5, 5.41) is 0.624. The molecule has 4 nitrogen and oxygen atoms in total. The predicted molar refractivity (Wildman–Crippen MR) is 80.0 cm³/mol. The van der Waals surface area contributed by atoms with E-state index in [-0.39, 0.29) is 0 Å². The average molecular weight is 285 g/mol. The molecule has 0 aliphatic rings. The highest BCUT2D eigenvalue weighted by Crippen LogP contribution is 2.19. The summed E-state index contributed by atoms with van der Waals surface area (Å²) in [5.41, 5.74) is 2.81. The minimum atomic E-state index is -1.08. The Morgan fingerprint density at radius 3 is 2.70 bits per heavy atom. The van der Waals surface area contributed by atoms with Crippen molar-refractivity contribution in [1.82, 2.24) is 14.5 Å². The van der Waals surface area contributed by atoms with Crippen molar-refractivity contribution in [3.8, 4) is 0 Å². The van der Waals surface area contributed by atoms with Gasteiger partial charge < -0.3 is 4.57 Å². The van der Waals surface area contributed by atoms with E-state index < -0.39 is 10.8 Å². The lowest BCUT2D eigenvalue weighted by Crippen LogP contribution is -2.09. The molecular formula is C15H15N3OS. The van der Waals surface area contributed by atoms with Crippen LogP contribution >= 0.6 is 0 Å². The van der Waals surface area contributed by atoms with Gasteiger partial charge in [0.1, 0.15) is 0 Å². The van der Waals surface area contributed by atoms with E-state index >= 15 is 0 Å². The first-order chi connectivity index (χ1) is 9.79. The van der Waals surface area contributed by atoms with E-state index in [4.69, 9.17) is 0 Å². The zero-order chi connectivity index (χ0) is 13.9. The molecule has 1 aromatic carbocycles. The van der Waals surface area contributed by atoms with Crippen LogP contribution in [0, 0.1) is 0 Å². The number of nitrogens with zero attached hydrogens (tertiary/aromatic N) is 3. The molecule has 5 heteroatoms. The number of hydrogen-bond donors (Lipinski definition) is 0. The first-order valence-electron chi connectivity index (χ1n) is 6.53. The van der Waals surface area contributed by atoms with E-state index in [1.165, 1.54) is 0 Å². The number of imidazole rings is 1. The van der Waals surface area contributed by atoms with Gasteiger partial charge in [-0.2, -0.15) is 0 Å². The standard InChI is InChI=1S/C15H15N3OS/c1-2-20(19)15-17-13-8-3-4-9-14(13)18(15)11-12-7-5-6-10-16-12/h3-10H,2,11H2,1H3. The quantitative estimate of drug-likeness (QED) is 0.740. The van der Waals surface area contributed by atoms with Crippen LogP contribution in [0.2, 0.25) is 0 Å². The van der Waals surface area contributed by atoms with Crippen LogP contribution < -0.4 is 0 Å². The highest BCUT2D eigenvalue weighted by molar-refractivity contribution is 7.84. The molecule has 0 radical (unpaired) electrons. The summed E-state index contributed by atoms with van der Waals surface area (Å²) in [6.45, 7) is 2.49. The van der Waals surface area contributed by atoms with Crippen molar-refractivity contribution in [1.29, 1.82) is 0 Å². The van der Waals surface area contributed by atoms with E-state index in [1.807, 2.05) is 54.0 Å². The lowest BCUT2D eigenvalue weighted by atomic mass is 10.3. The molecule has 1 unspecified atom stereocenters. The van der Waals surface area contributed by atoms with Crippen LogP contribution in [0.3, 0.4) is 0 Å². The summed E-state index contributed by atoms with van der Waals surface area (Å²) >= 11 is 0. The van der Waals surface area contributed by atoms with Gasteiger partial charge in [0.05, 0.1) is 34.1 Å². The first kappa shape index (κ1) is 13.0. The molecule has 0 saturated carbocycles. The van der Waals surface area contributed by atoms with Crippen LogP contribution in [0.15, 0.2) is 53.8 Å². The van der Waals surface area contributed by atoms with Crippen molar-refractivity contribution in [3.05, 3.63) is 54.4 Å². The maximum atomic E-state index is 12.2. The Labute approximate surface area is 119 Å². The molecule has 0 bridgehead atoms. The fourth-order valence-corrected chi connectivity index (χ4v) is 3.03. The summed E-state index contributed by atoms with van der Waals surface area (Å²) < 4.78 is 14.2. The van der Waals surface area contributed by atoms with Gasteiger partial charge in [-0.1, -0.05) is 25.1 Å². The molecule has 102 valence electrons. The molecular weight excluding hydrogens is 270 g/mol. The van der Waals surface area contributed by atoms with Crippen molar-refractivity contribution < 1.29 is 4.21 Å². The highest BCUT2D eigenvalue weighted by atomic mass is 32.2. The van der Waals surface area contributed by atoms with Crippen LogP contribution in [0.25, 0.3) is 11.0 Å². The second-order valence-electron chi connectivity index (χ2n) is 4.42. The fraction of sp³-hybridized carbons (Fsp3) is 0.200. The summed E-state index contributed by atoms with van der Waals surface area (Å²) in [6, 6.07) is 13.7. The second-order valence-corrected chi connectivity index (χ2v) is 6.06. The molecule has 0 amide bonds. The van der Waals surface area contributed by atoms with Crippen LogP contribution in [0.5, 0.6) is 0 Å². The van der Waals surface area contributed by atoms with E-state index in [1.54, 1.807) is 6.20 Å². The summed E-state index contributed by atoms with van der Waals surface area (Å²) in [6.07, 6.45) is 1.77. The number of benzene rings is 1. The van der Waals surface area contributed by atoms with Gasteiger partial charge in [-0.25, -0.2) is 4.98 Å². The third kappa shape index (κ3) is 2.36. The minimum Gasteiger partial charge on any atom is -0.311 e. The Morgan fingerprint density at radius 1 is 1.15 bits per heavy atom. The Morgan fingerprint density at radius 2 is 1.95 bits per heavy atom. The topological polar surface area (TPSA) is 47.8 Å². The third-order valence-electron chi connectivity index (χ3n) is 3.13. The molecule has 0 saturated heterocycles. The molecule has 20 heavy (non-hydrogen) atoms. The van der Waals surface area contributed by atoms with Gasteiger partial charge in [0, 0.05) is 11.9 Å². The Bertz CT molecular complexity index is 752. The van der Waals surface area contributed by atoms with E-state index in [0.29, 0.717) is 17.5 Å². The monoisotopic (exact) mass is 285 g/mol. The lowest BCUT2D eigenvalue weighted by molar-refractivity contribution is 0.654. The van der Waals surface area contributed by atoms with Gasteiger partial charge in [-0.15, -0.1) is 0 Å². The molecule has 2 heterocycles. The minimum absolute atomic E-state index is 0.561. The van der Waals surface area contributed by atoms with Crippen molar-refractivity contribution in [2.75, 3.05) is 5.75 Å². The molecule has 0 aliphatic heterocycles. The fourth-order valence-electron chi connectivity index (χ4n) is 2.16. The highest BCUT2D eigenvalue weighted by Gasteiger charge is 2.15. The number of pyridine rings is 1. The SMILES string of the molecule is CCS(=O)c1nc2ccccc2n1Cc1ccccn1. The first-order valence-corrected chi connectivity index (χ1v) is 7.85. The third-order valence-corrected chi connectivity index (χ3v) is 4.37. The molecule has 1 atom stereocenters. The molecule has 3 aromatic rings. The summed E-state index contributed by atoms with van der Waals surface area (Å²) in [5.74, 6) is 0.561. The molecule has 0 fully saturated rings. The van der Waals surface area contributed by atoms with E-state index in [2.05, 4.69) is 9.97 Å². The smallest absolute Gasteiger partial charge is 0.200 e. The van der Waals surface area contributed by atoms with Gasteiger partial charge in [-0.05, 0) is 24.3 Å². The van der Waals surface area contributed by atoms with Crippen LogP contribution in [0.1, 0.15) is 12.6 Å². The van der Waals surface area contributed by atoms with Gasteiger partial charge in [0.2, 0.25) is 0 Å². The normalized spacial score (nSPS) is 12.7. The Hall–Kier alpha value is -2.01. The Balaban J connectivity index is 2.13. The largest absolute Gasteiger partial charge is 0.311 e. The van der Waals surface area contributed by atoms with E-state index in [0.717, 1.165) is 16.7 Å². The van der Waals surface area contributed by atoms with Crippen LogP contribution in [0.4, 0.5) is 0 Å². The molecule has 3 rings (SSSR count). The van der Waals surface area contributed by atoms with Crippen molar-refractivity contribution in [2.24, 2.45) is 0 Å². The molecule has 2 aromatic heterocycles. The summed E-state index contributed by atoms with van der Waals surface area (Å²) in [4.78, 5) is 8.85. The second kappa shape index (κ2) is 5.54. The number of hydrogen-bond acceptors (Lipinski definition) is 3. The number of aromatic nitrogens is 3. The number of fused-ring (bicyclic) bond motifs is 1. The molecule has 0 spiro atoms. The predicted octanol–water partition coefficient (Wildman–Crippen LogP) is 2.61. The maximum Gasteiger partial charge on any atom is 0.200 e. The molecule has 0 aliphatic carbocycles. The van der Waals surface area contributed by atoms with Gasteiger partial charge in [0.25, 0.3) is 0 Å². The van der Waals surface area contributed by atoms with Gasteiger partial charge >= 0.3 is 0 Å². The van der Waals surface area contributed by atoms with Gasteiger partial charge in [0.15, 0.2) is 5.16 Å². The van der Waals surface area contributed by atoms with Crippen molar-refractivity contribution >= 4 is 21.8 Å².